The molecule has 3 heterocycles. The van der Waals surface area contributed by atoms with Crippen LogP contribution in [-0.2, 0) is 0 Å². The molecule has 0 fully saturated rings. The number of nitrogens with one attached hydrogen (secondary N) is 1. The minimum Gasteiger partial charge on any atom is -0.461 e. The molecule has 0 unspecified atom stereocenters. The fourth-order valence-electron chi connectivity index (χ4n) is 2.91. The Morgan fingerprint density at radius 3 is 2.71 bits per heavy atom. The average molecular weight is 427 g/mol. The van der Waals surface area contributed by atoms with E-state index >= 15 is 0 Å². The molecule has 0 aliphatic rings. The molecule has 0 aliphatic carbocycles. The Kier molecular flexibility index (Phi) is 6.11. The van der Waals surface area contributed by atoms with Crippen molar-refractivity contribution in [2.45, 2.75) is 11.9 Å². The summed E-state index contributed by atoms with van der Waals surface area (Å²) >= 11 is 1.39. The second-order valence-electron chi connectivity index (χ2n) is 6.49. The number of hydrogen-bond acceptors (Lipinski definition) is 6. The molecule has 0 atom stereocenters. The van der Waals surface area contributed by atoms with Crippen molar-refractivity contribution < 1.29 is 9.21 Å². The van der Waals surface area contributed by atoms with Gasteiger partial charge >= 0.3 is 0 Å². The van der Waals surface area contributed by atoms with E-state index in [0.717, 1.165) is 5.56 Å². The van der Waals surface area contributed by atoms with Crippen LogP contribution in [0.15, 0.2) is 76.5 Å². The molecule has 1 aromatic carbocycles. The highest BCUT2D eigenvalue weighted by Gasteiger charge is 2.20. The van der Waals surface area contributed by atoms with E-state index in [1.807, 2.05) is 48.7 Å². The molecule has 4 aromatic rings. The molecule has 0 radical (unpaired) electrons. The minimum absolute atomic E-state index is 0.275. The van der Waals surface area contributed by atoms with Gasteiger partial charge in [-0.1, -0.05) is 18.1 Å². The average Bonchev–Trinajstić information content (AvgIpc) is 3.33. The van der Waals surface area contributed by atoms with Crippen molar-refractivity contribution in [2.75, 3.05) is 11.6 Å². The molecule has 1 N–H and O–H groups in total. The number of pyridine rings is 1. The van der Waals surface area contributed by atoms with Crippen LogP contribution < -0.4 is 5.32 Å². The first-order chi connectivity index (χ1) is 15.1. The van der Waals surface area contributed by atoms with Gasteiger partial charge in [-0.05, 0) is 61.6 Å². The minimum atomic E-state index is -0.275. The van der Waals surface area contributed by atoms with Crippen molar-refractivity contribution in [2.24, 2.45) is 0 Å². The summed E-state index contributed by atoms with van der Waals surface area (Å²) in [6.07, 6.45) is 5.14. The van der Waals surface area contributed by atoms with Gasteiger partial charge in [0.25, 0.3) is 5.91 Å². The van der Waals surface area contributed by atoms with Gasteiger partial charge in [0, 0.05) is 17.4 Å². The van der Waals surface area contributed by atoms with Gasteiger partial charge in [-0.15, -0.1) is 11.8 Å². The van der Waals surface area contributed by atoms with Gasteiger partial charge in [0.2, 0.25) is 0 Å². The molecule has 0 saturated carbocycles. The van der Waals surface area contributed by atoms with Crippen molar-refractivity contribution in [1.29, 1.82) is 0 Å². The molecule has 0 saturated heterocycles. The molecule has 1 amide bonds. The summed E-state index contributed by atoms with van der Waals surface area (Å²) in [6.45, 7) is 1.79. The maximum Gasteiger partial charge on any atom is 0.260 e. The van der Waals surface area contributed by atoms with E-state index < -0.39 is 0 Å². The number of carbonyl (C=O) groups is 1. The first-order valence-corrected chi connectivity index (χ1v) is 10.7. The highest BCUT2D eigenvalue weighted by atomic mass is 32.2. The molecule has 31 heavy (non-hydrogen) atoms. The Labute approximate surface area is 184 Å². The third-order valence-electron chi connectivity index (χ3n) is 4.34. The van der Waals surface area contributed by atoms with Gasteiger partial charge in [0.05, 0.1) is 17.5 Å². The fraction of sp³-hybridized carbons (Fsp3) is 0.0833. The van der Waals surface area contributed by atoms with Crippen molar-refractivity contribution in [3.05, 3.63) is 89.6 Å². The van der Waals surface area contributed by atoms with Gasteiger partial charge in [0.15, 0.2) is 11.6 Å². The van der Waals surface area contributed by atoms with E-state index in [1.165, 1.54) is 11.8 Å². The molecule has 0 spiro atoms. The predicted octanol–water partition coefficient (Wildman–Crippen LogP) is 4.81. The highest BCUT2D eigenvalue weighted by molar-refractivity contribution is 7.98. The van der Waals surface area contributed by atoms with Crippen LogP contribution in [0.1, 0.15) is 27.3 Å². The first kappa shape index (κ1) is 20.4. The van der Waals surface area contributed by atoms with E-state index in [9.17, 15) is 4.79 Å². The van der Waals surface area contributed by atoms with Crippen LogP contribution >= 0.6 is 11.8 Å². The van der Waals surface area contributed by atoms with Crippen LogP contribution in [0.2, 0.25) is 0 Å². The molecule has 0 bridgehead atoms. The SMILES string of the molecule is CSc1nc(-c2ccco2)nc(C)c1C(=O)Nc1cccc(C#Cc2ccccn2)c1. The third-order valence-corrected chi connectivity index (χ3v) is 5.02. The smallest absolute Gasteiger partial charge is 0.260 e. The number of aromatic nitrogens is 3. The number of amides is 1. The second-order valence-corrected chi connectivity index (χ2v) is 7.29. The van der Waals surface area contributed by atoms with Crippen LogP contribution in [0.3, 0.4) is 0 Å². The molecular weight excluding hydrogens is 408 g/mol. The number of nitrogens with zero attached hydrogens (tertiary/aromatic N) is 3. The summed E-state index contributed by atoms with van der Waals surface area (Å²) in [7, 11) is 0. The Morgan fingerprint density at radius 2 is 1.97 bits per heavy atom. The lowest BCUT2D eigenvalue weighted by atomic mass is 10.1. The topological polar surface area (TPSA) is 80.9 Å². The van der Waals surface area contributed by atoms with Crippen LogP contribution in [0, 0.1) is 18.8 Å². The van der Waals surface area contributed by atoms with E-state index in [2.05, 4.69) is 32.1 Å². The van der Waals surface area contributed by atoms with Gasteiger partial charge in [-0.2, -0.15) is 0 Å². The number of furan rings is 1. The molecule has 3 aromatic heterocycles. The summed E-state index contributed by atoms with van der Waals surface area (Å²) in [5.74, 6) is 6.82. The van der Waals surface area contributed by atoms with Gasteiger partial charge in [-0.25, -0.2) is 15.0 Å². The largest absolute Gasteiger partial charge is 0.461 e. The Bertz CT molecular complexity index is 1280. The Morgan fingerprint density at radius 1 is 1.06 bits per heavy atom. The molecule has 7 heteroatoms. The number of benzene rings is 1. The van der Waals surface area contributed by atoms with Gasteiger partial charge in [0.1, 0.15) is 10.7 Å². The first-order valence-electron chi connectivity index (χ1n) is 9.45. The summed E-state index contributed by atoms with van der Waals surface area (Å²) in [4.78, 5) is 26.2. The van der Waals surface area contributed by atoms with Crippen molar-refractivity contribution >= 4 is 23.4 Å². The summed E-state index contributed by atoms with van der Waals surface area (Å²) in [6, 6.07) is 16.5. The van der Waals surface area contributed by atoms with E-state index in [-0.39, 0.29) is 5.91 Å². The van der Waals surface area contributed by atoms with E-state index in [1.54, 1.807) is 31.5 Å². The molecule has 6 nitrogen and oxygen atoms in total. The third kappa shape index (κ3) is 4.82. The van der Waals surface area contributed by atoms with Crippen LogP contribution in [0.5, 0.6) is 0 Å². The summed E-state index contributed by atoms with van der Waals surface area (Å²) in [5, 5.41) is 3.51. The maximum atomic E-state index is 13.0. The number of rotatable bonds is 4. The van der Waals surface area contributed by atoms with Crippen LogP contribution in [0.4, 0.5) is 5.69 Å². The predicted molar refractivity (Wildman–Crippen MR) is 121 cm³/mol. The molecule has 152 valence electrons. The second kappa shape index (κ2) is 9.28. The summed E-state index contributed by atoms with van der Waals surface area (Å²) in [5.41, 5.74) is 3.11. The standard InChI is InChI=1S/C24H18N4O2S/c1-16-21(24(31-2)28-22(26-16)20-10-6-14-30-20)23(29)27-19-9-5-7-17(15-19)11-12-18-8-3-4-13-25-18/h3-10,13-15H,1-2H3,(H,27,29). The van der Waals surface area contributed by atoms with Crippen molar-refractivity contribution in [3.8, 4) is 23.4 Å². The fourth-order valence-corrected chi connectivity index (χ4v) is 3.54. The number of anilines is 1. The molecular formula is C24H18N4O2S. The number of hydrogen-bond donors (Lipinski definition) is 1. The van der Waals surface area contributed by atoms with Crippen molar-refractivity contribution in [1.82, 2.24) is 15.0 Å². The van der Waals surface area contributed by atoms with Crippen LogP contribution in [0.25, 0.3) is 11.6 Å². The van der Waals surface area contributed by atoms with Gasteiger partial charge in [-0.3, -0.25) is 4.79 Å². The number of carbonyl (C=O) groups excluding carboxylic acids is 1. The van der Waals surface area contributed by atoms with E-state index in [0.29, 0.717) is 39.2 Å². The highest BCUT2D eigenvalue weighted by Crippen LogP contribution is 2.26. The molecule has 0 aliphatic heterocycles. The zero-order valence-electron chi connectivity index (χ0n) is 16.9. The van der Waals surface area contributed by atoms with E-state index in [4.69, 9.17) is 4.42 Å². The van der Waals surface area contributed by atoms with Gasteiger partial charge < -0.3 is 9.73 Å². The quantitative estimate of drug-likeness (QED) is 0.286. The van der Waals surface area contributed by atoms with Crippen molar-refractivity contribution in [3.63, 3.8) is 0 Å². The monoisotopic (exact) mass is 426 g/mol. The number of thioether (sulfide) groups is 1. The zero-order valence-corrected chi connectivity index (χ0v) is 17.7. The lowest BCUT2D eigenvalue weighted by Crippen LogP contribution is -2.17. The Hall–Kier alpha value is -3.89. The van der Waals surface area contributed by atoms with Crippen LogP contribution in [-0.4, -0.2) is 27.1 Å². The normalized spacial score (nSPS) is 10.3. The summed E-state index contributed by atoms with van der Waals surface area (Å²) < 4.78 is 5.39. The lowest BCUT2D eigenvalue weighted by Gasteiger charge is -2.12. The lowest BCUT2D eigenvalue weighted by molar-refractivity contribution is 0.102. The maximum absolute atomic E-state index is 13.0. The molecule has 4 rings (SSSR count). The zero-order chi connectivity index (χ0) is 21.6. The Balaban J connectivity index is 1.58. The number of aryl methyl sites for hydroxylation is 1.